The molecule has 0 radical (unpaired) electrons. The first-order valence-electron chi connectivity index (χ1n) is 7.21. The molecule has 0 saturated carbocycles. The quantitative estimate of drug-likeness (QED) is 0.587. The van der Waals surface area contributed by atoms with Crippen LogP contribution in [0.25, 0.3) is 0 Å². The van der Waals surface area contributed by atoms with Crippen LogP contribution in [0.1, 0.15) is 47.5 Å². The highest BCUT2D eigenvalue weighted by atomic mass is 16.6. The molecule has 7 nitrogen and oxygen atoms in total. The lowest BCUT2D eigenvalue weighted by Gasteiger charge is -2.32. The minimum Gasteiger partial charge on any atom is -0.458 e. The molecule has 1 aliphatic rings. The van der Waals surface area contributed by atoms with Gasteiger partial charge in [-0.3, -0.25) is 9.69 Å². The summed E-state index contributed by atoms with van der Waals surface area (Å²) in [7, 11) is 0. The minimum atomic E-state index is -0.794. The molecule has 1 amide bonds. The maximum absolute atomic E-state index is 12.3. The summed E-state index contributed by atoms with van der Waals surface area (Å²) in [6, 6.07) is -0.794. The summed E-state index contributed by atoms with van der Waals surface area (Å²) in [5.41, 5.74) is -0.655. The second kappa shape index (κ2) is 7.29. The molecule has 0 saturated heterocycles. The van der Waals surface area contributed by atoms with Crippen molar-refractivity contribution >= 4 is 18.0 Å². The Morgan fingerprint density at radius 3 is 2.45 bits per heavy atom. The summed E-state index contributed by atoms with van der Waals surface area (Å²) in [6.07, 6.45) is 1.31. The third kappa shape index (κ3) is 5.38. The van der Waals surface area contributed by atoms with Crippen LogP contribution in [0, 0.1) is 0 Å². The molecule has 1 aliphatic heterocycles. The highest BCUT2D eigenvalue weighted by Gasteiger charge is 2.36. The van der Waals surface area contributed by atoms with E-state index in [1.54, 1.807) is 27.7 Å². The summed E-state index contributed by atoms with van der Waals surface area (Å²) in [5.74, 6) is -0.676. The van der Waals surface area contributed by atoms with E-state index in [0.29, 0.717) is 18.6 Å². The summed E-state index contributed by atoms with van der Waals surface area (Å²) in [4.78, 5) is 36.4. The van der Waals surface area contributed by atoms with Crippen molar-refractivity contribution in [3.63, 3.8) is 0 Å². The van der Waals surface area contributed by atoms with E-state index in [9.17, 15) is 14.4 Å². The van der Waals surface area contributed by atoms with Crippen molar-refractivity contribution in [2.45, 2.75) is 59.1 Å². The SMILES string of the molecule is CCOC(=O)N1C=C(OC(C)=O)CC[C@H]1C(=O)OC(C)(C)C. The number of amides is 1. The number of rotatable bonds is 3. The normalized spacial score (nSPS) is 18.3. The van der Waals surface area contributed by atoms with Crippen molar-refractivity contribution in [3.05, 3.63) is 12.0 Å². The molecule has 1 rings (SSSR count). The Kier molecular flexibility index (Phi) is 5.96. The molecule has 0 bridgehead atoms. The van der Waals surface area contributed by atoms with E-state index in [1.165, 1.54) is 13.1 Å². The van der Waals surface area contributed by atoms with Crippen molar-refractivity contribution in [1.82, 2.24) is 4.90 Å². The minimum absolute atomic E-state index is 0.174. The Morgan fingerprint density at radius 2 is 1.95 bits per heavy atom. The Bertz CT molecular complexity index is 477. The fourth-order valence-electron chi connectivity index (χ4n) is 1.97. The highest BCUT2D eigenvalue weighted by Crippen LogP contribution is 2.25. The van der Waals surface area contributed by atoms with Crippen LogP contribution < -0.4 is 0 Å². The van der Waals surface area contributed by atoms with Crippen molar-refractivity contribution in [3.8, 4) is 0 Å². The molecule has 0 N–H and O–H groups in total. The van der Waals surface area contributed by atoms with Crippen LogP contribution in [0.4, 0.5) is 4.79 Å². The number of esters is 2. The van der Waals surface area contributed by atoms with Gasteiger partial charge in [0.1, 0.15) is 17.4 Å². The third-order valence-electron chi connectivity index (χ3n) is 2.72. The lowest BCUT2D eigenvalue weighted by atomic mass is 10.1. The predicted molar refractivity (Wildman–Crippen MR) is 77.6 cm³/mol. The standard InChI is InChI=1S/C15H23NO6/c1-6-20-14(19)16-9-11(21-10(2)17)7-8-12(16)13(18)22-15(3,4)5/h9,12H,6-8H2,1-5H3/t12-/m0/s1. The Balaban J connectivity index is 2.96. The van der Waals surface area contributed by atoms with E-state index in [4.69, 9.17) is 14.2 Å². The molecule has 124 valence electrons. The first-order valence-corrected chi connectivity index (χ1v) is 7.21. The molecule has 0 unspecified atom stereocenters. The zero-order valence-electron chi connectivity index (χ0n) is 13.7. The number of hydrogen-bond donors (Lipinski definition) is 0. The van der Waals surface area contributed by atoms with Gasteiger partial charge >= 0.3 is 18.0 Å². The molecule has 0 aromatic carbocycles. The van der Waals surface area contributed by atoms with Gasteiger partial charge in [0.25, 0.3) is 0 Å². The lowest BCUT2D eigenvalue weighted by Crippen LogP contribution is -2.47. The van der Waals surface area contributed by atoms with Crippen LogP contribution in [-0.2, 0) is 23.8 Å². The van der Waals surface area contributed by atoms with Gasteiger partial charge < -0.3 is 14.2 Å². The van der Waals surface area contributed by atoms with Gasteiger partial charge in [-0.15, -0.1) is 0 Å². The summed E-state index contributed by atoms with van der Waals surface area (Å²) in [5, 5.41) is 0. The smallest absolute Gasteiger partial charge is 0.414 e. The first-order chi connectivity index (χ1) is 10.1. The molecule has 0 aromatic rings. The van der Waals surface area contributed by atoms with Crippen molar-refractivity contribution < 1.29 is 28.6 Å². The monoisotopic (exact) mass is 313 g/mol. The second-order valence-corrected chi connectivity index (χ2v) is 5.88. The second-order valence-electron chi connectivity index (χ2n) is 5.88. The number of hydrogen-bond acceptors (Lipinski definition) is 6. The highest BCUT2D eigenvalue weighted by molar-refractivity contribution is 5.83. The largest absolute Gasteiger partial charge is 0.458 e. The van der Waals surface area contributed by atoms with Gasteiger partial charge in [-0.2, -0.15) is 0 Å². The van der Waals surface area contributed by atoms with Gasteiger partial charge in [0, 0.05) is 19.5 Å². The average molecular weight is 313 g/mol. The molecule has 0 aromatic heterocycles. The molecule has 0 spiro atoms. The van der Waals surface area contributed by atoms with E-state index in [-0.39, 0.29) is 6.61 Å². The Hall–Kier alpha value is -2.05. The first kappa shape index (κ1) is 18.0. The van der Waals surface area contributed by atoms with Crippen LogP contribution in [0.5, 0.6) is 0 Å². The summed E-state index contributed by atoms with van der Waals surface area (Å²) in [6.45, 7) is 8.37. The summed E-state index contributed by atoms with van der Waals surface area (Å²) < 4.78 is 15.3. The Labute approximate surface area is 130 Å². The van der Waals surface area contributed by atoms with Crippen LogP contribution in [0.3, 0.4) is 0 Å². The fourth-order valence-corrected chi connectivity index (χ4v) is 1.97. The van der Waals surface area contributed by atoms with Crippen LogP contribution >= 0.6 is 0 Å². The van der Waals surface area contributed by atoms with E-state index in [0.717, 1.165) is 4.90 Å². The summed E-state index contributed by atoms with van der Waals surface area (Å²) >= 11 is 0. The van der Waals surface area contributed by atoms with E-state index in [2.05, 4.69) is 0 Å². The molecular formula is C15H23NO6. The molecule has 22 heavy (non-hydrogen) atoms. The maximum Gasteiger partial charge on any atom is 0.414 e. The van der Waals surface area contributed by atoms with Gasteiger partial charge in [-0.25, -0.2) is 9.59 Å². The predicted octanol–water partition coefficient (Wildman–Crippen LogP) is 2.35. The molecule has 1 atom stereocenters. The van der Waals surface area contributed by atoms with Crippen molar-refractivity contribution in [2.24, 2.45) is 0 Å². The molecule has 7 heteroatoms. The van der Waals surface area contributed by atoms with Crippen LogP contribution in [0.15, 0.2) is 12.0 Å². The number of nitrogens with zero attached hydrogens (tertiary/aromatic N) is 1. The van der Waals surface area contributed by atoms with Crippen molar-refractivity contribution in [1.29, 1.82) is 0 Å². The molecule has 0 fully saturated rings. The van der Waals surface area contributed by atoms with E-state index in [1.807, 2.05) is 0 Å². The lowest BCUT2D eigenvalue weighted by molar-refractivity contribution is -0.160. The van der Waals surface area contributed by atoms with E-state index >= 15 is 0 Å². The molecule has 1 heterocycles. The number of carbonyl (C=O) groups excluding carboxylic acids is 3. The van der Waals surface area contributed by atoms with Gasteiger partial charge in [0.15, 0.2) is 0 Å². The van der Waals surface area contributed by atoms with Gasteiger partial charge in [0.05, 0.1) is 6.61 Å². The number of carbonyl (C=O) groups is 3. The van der Waals surface area contributed by atoms with Crippen molar-refractivity contribution in [2.75, 3.05) is 6.61 Å². The molecule has 0 aliphatic carbocycles. The fraction of sp³-hybridized carbons (Fsp3) is 0.667. The average Bonchev–Trinajstić information content (AvgIpc) is 2.36. The Morgan fingerprint density at radius 1 is 1.32 bits per heavy atom. The topological polar surface area (TPSA) is 82.1 Å². The van der Waals surface area contributed by atoms with Gasteiger partial charge in [-0.05, 0) is 34.1 Å². The zero-order chi connectivity index (χ0) is 16.9. The van der Waals surface area contributed by atoms with Crippen LogP contribution in [0.2, 0.25) is 0 Å². The number of ether oxygens (including phenoxy) is 3. The molecular weight excluding hydrogens is 290 g/mol. The van der Waals surface area contributed by atoms with Crippen LogP contribution in [-0.4, -0.2) is 41.2 Å². The zero-order valence-corrected chi connectivity index (χ0v) is 13.7. The maximum atomic E-state index is 12.3. The third-order valence-corrected chi connectivity index (χ3v) is 2.72. The van der Waals surface area contributed by atoms with Gasteiger partial charge in [-0.1, -0.05) is 0 Å². The number of allylic oxidation sites excluding steroid dienone is 1. The van der Waals surface area contributed by atoms with Gasteiger partial charge in [0.2, 0.25) is 0 Å². The van der Waals surface area contributed by atoms with E-state index < -0.39 is 29.7 Å².